The van der Waals surface area contributed by atoms with E-state index in [1.165, 1.54) is 6.20 Å². The number of aliphatic hydroxyl groups excluding tert-OH is 1. The number of oxazole rings is 1. The van der Waals surface area contributed by atoms with Gasteiger partial charge in [-0.25, -0.2) is 4.98 Å². The first-order valence-electron chi connectivity index (χ1n) is 3.85. The minimum Gasteiger partial charge on any atom is -0.443 e. The van der Waals surface area contributed by atoms with Crippen molar-refractivity contribution in [3.63, 3.8) is 0 Å². The number of aliphatic hydroxyl groups is 1. The first-order valence-corrected chi connectivity index (χ1v) is 3.85. The van der Waals surface area contributed by atoms with Gasteiger partial charge in [0.25, 0.3) is 0 Å². The Bertz CT molecular complexity index is 232. The summed E-state index contributed by atoms with van der Waals surface area (Å²) in [5.41, 5.74) is 0. The third kappa shape index (κ3) is 2.32. The molecule has 1 aromatic heterocycles. The molecule has 4 nitrogen and oxygen atoms in total. The molecule has 4 heteroatoms. The van der Waals surface area contributed by atoms with Crippen molar-refractivity contribution in [2.75, 3.05) is 13.7 Å². The summed E-state index contributed by atoms with van der Waals surface area (Å²) in [5, 5.41) is 9.10. The van der Waals surface area contributed by atoms with Crippen LogP contribution in [0.3, 0.4) is 0 Å². The number of ether oxygens (including phenoxy) is 1. The Morgan fingerprint density at radius 2 is 2.50 bits per heavy atom. The Balaban J connectivity index is 2.52. The summed E-state index contributed by atoms with van der Waals surface area (Å²) in [6.07, 6.45) is 1.59. The molecule has 0 saturated carbocycles. The molecule has 0 aliphatic carbocycles. The third-order valence-corrected chi connectivity index (χ3v) is 1.50. The molecule has 0 aliphatic rings. The molecule has 68 valence electrons. The van der Waals surface area contributed by atoms with Crippen LogP contribution in [0.15, 0.2) is 10.6 Å². The molecule has 0 bridgehead atoms. The summed E-state index contributed by atoms with van der Waals surface area (Å²) in [6, 6.07) is 0. The minimum absolute atomic E-state index is 0.501. The first kappa shape index (κ1) is 9.22. The van der Waals surface area contributed by atoms with E-state index in [9.17, 15) is 0 Å². The Morgan fingerprint density at radius 1 is 1.75 bits per heavy atom. The van der Waals surface area contributed by atoms with E-state index in [-0.39, 0.29) is 0 Å². The second-order valence-corrected chi connectivity index (χ2v) is 2.58. The number of hydrogen-bond acceptors (Lipinski definition) is 4. The Hall–Kier alpha value is -0.870. The van der Waals surface area contributed by atoms with Gasteiger partial charge in [-0.1, -0.05) is 0 Å². The third-order valence-electron chi connectivity index (χ3n) is 1.50. The van der Waals surface area contributed by atoms with Crippen molar-refractivity contribution >= 4 is 0 Å². The van der Waals surface area contributed by atoms with E-state index in [1.807, 2.05) is 0 Å². The van der Waals surface area contributed by atoms with Crippen LogP contribution in [0, 0.1) is 0 Å². The molecular formula is C8H13NO3. The van der Waals surface area contributed by atoms with Gasteiger partial charge in [-0.2, -0.15) is 0 Å². The summed E-state index contributed by atoms with van der Waals surface area (Å²) in [5.74, 6) is 1.11. The zero-order chi connectivity index (χ0) is 8.97. The molecule has 1 rings (SSSR count). The second kappa shape index (κ2) is 4.23. The van der Waals surface area contributed by atoms with E-state index >= 15 is 0 Å². The van der Waals surface area contributed by atoms with E-state index < -0.39 is 6.10 Å². The van der Waals surface area contributed by atoms with Crippen LogP contribution in [0.4, 0.5) is 0 Å². The van der Waals surface area contributed by atoms with Crippen LogP contribution in [0.2, 0.25) is 0 Å². The lowest BCUT2D eigenvalue weighted by Crippen LogP contribution is -1.93. The van der Waals surface area contributed by atoms with E-state index in [1.54, 1.807) is 14.0 Å². The van der Waals surface area contributed by atoms with Gasteiger partial charge in [-0.3, -0.25) is 0 Å². The van der Waals surface area contributed by atoms with E-state index in [2.05, 4.69) is 4.98 Å². The van der Waals surface area contributed by atoms with Gasteiger partial charge in [0, 0.05) is 13.5 Å². The van der Waals surface area contributed by atoms with E-state index in [0.717, 1.165) is 0 Å². The van der Waals surface area contributed by atoms with Gasteiger partial charge in [0.2, 0.25) is 0 Å². The fraction of sp³-hybridized carbons (Fsp3) is 0.625. The van der Waals surface area contributed by atoms with Crippen LogP contribution in [0.5, 0.6) is 0 Å². The quantitative estimate of drug-likeness (QED) is 0.731. The molecule has 0 saturated heterocycles. The summed E-state index contributed by atoms with van der Waals surface area (Å²) < 4.78 is 10.1. The van der Waals surface area contributed by atoms with Crippen LogP contribution in [0.1, 0.15) is 24.7 Å². The minimum atomic E-state index is -0.589. The largest absolute Gasteiger partial charge is 0.443 e. The van der Waals surface area contributed by atoms with Gasteiger partial charge in [-0.15, -0.1) is 0 Å². The zero-order valence-corrected chi connectivity index (χ0v) is 7.28. The van der Waals surface area contributed by atoms with Crippen molar-refractivity contribution < 1.29 is 14.3 Å². The SMILES string of the molecule is COCCc1ncc(C(C)O)o1. The van der Waals surface area contributed by atoms with Crippen molar-refractivity contribution in [1.29, 1.82) is 0 Å². The molecule has 1 unspecified atom stereocenters. The van der Waals surface area contributed by atoms with Gasteiger partial charge >= 0.3 is 0 Å². The number of aromatic nitrogens is 1. The summed E-state index contributed by atoms with van der Waals surface area (Å²) in [7, 11) is 1.62. The molecule has 0 spiro atoms. The molecular weight excluding hydrogens is 158 g/mol. The van der Waals surface area contributed by atoms with Crippen molar-refractivity contribution in [3.8, 4) is 0 Å². The highest BCUT2D eigenvalue weighted by Gasteiger charge is 2.07. The maximum absolute atomic E-state index is 9.10. The lowest BCUT2D eigenvalue weighted by atomic mass is 10.3. The van der Waals surface area contributed by atoms with E-state index in [0.29, 0.717) is 24.7 Å². The fourth-order valence-corrected chi connectivity index (χ4v) is 0.822. The van der Waals surface area contributed by atoms with Crippen molar-refractivity contribution in [3.05, 3.63) is 17.8 Å². The first-order chi connectivity index (χ1) is 5.74. The monoisotopic (exact) mass is 171 g/mol. The molecule has 1 atom stereocenters. The van der Waals surface area contributed by atoms with Gasteiger partial charge in [0.15, 0.2) is 11.7 Å². The number of hydrogen-bond donors (Lipinski definition) is 1. The standard InChI is InChI=1S/C8H13NO3/c1-6(10)7-5-9-8(12-7)3-4-11-2/h5-6,10H,3-4H2,1-2H3. The van der Waals surface area contributed by atoms with Crippen LogP contribution in [-0.2, 0) is 11.2 Å². The highest BCUT2D eigenvalue weighted by atomic mass is 16.5. The molecule has 12 heavy (non-hydrogen) atoms. The summed E-state index contributed by atoms with van der Waals surface area (Å²) in [4.78, 5) is 3.97. The fourth-order valence-electron chi connectivity index (χ4n) is 0.822. The van der Waals surface area contributed by atoms with Crippen LogP contribution >= 0.6 is 0 Å². The normalized spacial score (nSPS) is 13.2. The average molecular weight is 171 g/mol. The van der Waals surface area contributed by atoms with Gasteiger partial charge in [0.1, 0.15) is 6.10 Å². The van der Waals surface area contributed by atoms with Crippen molar-refractivity contribution in [1.82, 2.24) is 4.98 Å². The maximum Gasteiger partial charge on any atom is 0.196 e. The average Bonchev–Trinajstić information content (AvgIpc) is 2.48. The van der Waals surface area contributed by atoms with Gasteiger partial charge < -0.3 is 14.3 Å². The predicted octanol–water partition coefficient (Wildman–Crippen LogP) is 0.917. The zero-order valence-electron chi connectivity index (χ0n) is 7.28. The summed E-state index contributed by atoms with van der Waals surface area (Å²) >= 11 is 0. The lowest BCUT2D eigenvalue weighted by Gasteiger charge is -1.96. The summed E-state index contributed by atoms with van der Waals surface area (Å²) in [6.45, 7) is 2.22. The number of nitrogens with zero attached hydrogens (tertiary/aromatic N) is 1. The topological polar surface area (TPSA) is 55.5 Å². The molecule has 0 aromatic carbocycles. The number of rotatable bonds is 4. The van der Waals surface area contributed by atoms with Crippen molar-refractivity contribution in [2.24, 2.45) is 0 Å². The number of methoxy groups -OCH3 is 1. The Labute approximate surface area is 71.2 Å². The predicted molar refractivity (Wildman–Crippen MR) is 42.7 cm³/mol. The molecule has 0 fully saturated rings. The van der Waals surface area contributed by atoms with Gasteiger partial charge in [0.05, 0.1) is 12.8 Å². The van der Waals surface area contributed by atoms with Crippen molar-refractivity contribution in [2.45, 2.75) is 19.4 Å². The molecule has 1 aromatic rings. The van der Waals surface area contributed by atoms with Crippen LogP contribution in [-0.4, -0.2) is 23.8 Å². The molecule has 1 heterocycles. The molecule has 0 amide bonds. The van der Waals surface area contributed by atoms with Gasteiger partial charge in [-0.05, 0) is 6.92 Å². The smallest absolute Gasteiger partial charge is 0.196 e. The molecule has 1 N–H and O–H groups in total. The molecule has 0 radical (unpaired) electrons. The highest BCUT2D eigenvalue weighted by Crippen LogP contribution is 2.12. The maximum atomic E-state index is 9.10. The van der Waals surface area contributed by atoms with Crippen LogP contribution < -0.4 is 0 Å². The van der Waals surface area contributed by atoms with Crippen LogP contribution in [0.25, 0.3) is 0 Å². The van der Waals surface area contributed by atoms with E-state index in [4.69, 9.17) is 14.3 Å². The Morgan fingerprint density at radius 3 is 3.00 bits per heavy atom. The highest BCUT2D eigenvalue weighted by molar-refractivity contribution is 4.96. The lowest BCUT2D eigenvalue weighted by molar-refractivity contribution is 0.162. The Kier molecular flexibility index (Phi) is 3.25. The molecule has 0 aliphatic heterocycles. The second-order valence-electron chi connectivity index (χ2n) is 2.58.